The minimum absolute atomic E-state index is 0. The molecule has 0 aromatic carbocycles. The molecule has 2 heterocycles. The summed E-state index contributed by atoms with van der Waals surface area (Å²) in [5.41, 5.74) is 5.58. The number of thiophene rings is 1. The van der Waals surface area contributed by atoms with Crippen molar-refractivity contribution in [2.24, 2.45) is 5.73 Å². The van der Waals surface area contributed by atoms with Crippen molar-refractivity contribution in [3.8, 4) is 0 Å². The molecule has 1 aliphatic rings. The number of hydrogen-bond acceptors (Lipinski definition) is 5. The first kappa shape index (κ1) is 19.4. The van der Waals surface area contributed by atoms with Gasteiger partial charge in [-0.15, -0.1) is 23.7 Å². The lowest BCUT2D eigenvalue weighted by Crippen LogP contribution is -2.53. The van der Waals surface area contributed by atoms with Gasteiger partial charge in [0, 0.05) is 35.9 Å². The summed E-state index contributed by atoms with van der Waals surface area (Å²) in [4.78, 5) is 15.6. The van der Waals surface area contributed by atoms with Crippen LogP contribution in [0.3, 0.4) is 0 Å². The van der Waals surface area contributed by atoms with E-state index in [1.165, 1.54) is 15.6 Å². The third-order valence-corrected chi connectivity index (χ3v) is 6.67. The number of halogens is 1. The zero-order valence-electron chi connectivity index (χ0n) is 12.9. The van der Waals surface area contributed by atoms with Crippen molar-refractivity contribution in [2.45, 2.75) is 31.7 Å². The van der Waals surface area contributed by atoms with E-state index in [0.717, 1.165) is 9.75 Å². The van der Waals surface area contributed by atoms with Gasteiger partial charge in [0.25, 0.3) is 0 Å². The first-order valence-corrected chi connectivity index (χ1v) is 9.10. The number of carbonyl (C=O) groups is 1. The lowest BCUT2D eigenvalue weighted by molar-refractivity contribution is -0.133. The number of piperazine rings is 1. The summed E-state index contributed by atoms with van der Waals surface area (Å²) in [6.45, 7) is 6.77. The number of nitrogens with zero attached hydrogens (tertiary/aromatic N) is 2. The van der Waals surface area contributed by atoms with E-state index in [2.05, 4.69) is 0 Å². The summed E-state index contributed by atoms with van der Waals surface area (Å²) in [5.74, 6) is -0.130. The maximum atomic E-state index is 12.6. The zero-order valence-corrected chi connectivity index (χ0v) is 15.4. The molecule has 22 heavy (non-hydrogen) atoms. The fourth-order valence-corrected chi connectivity index (χ4v) is 5.39. The van der Waals surface area contributed by atoms with Crippen molar-refractivity contribution in [3.63, 3.8) is 0 Å². The minimum atomic E-state index is -3.47. The van der Waals surface area contributed by atoms with Gasteiger partial charge in [-0.25, -0.2) is 8.42 Å². The van der Waals surface area contributed by atoms with E-state index in [1.54, 1.807) is 17.9 Å². The predicted octanol–water partition coefficient (Wildman–Crippen LogP) is 0.967. The molecular formula is C13H22ClN3O3S2. The van der Waals surface area contributed by atoms with Gasteiger partial charge in [0.05, 0.1) is 10.9 Å². The Bertz CT molecular complexity index is 635. The van der Waals surface area contributed by atoms with Gasteiger partial charge >= 0.3 is 0 Å². The van der Waals surface area contributed by atoms with Gasteiger partial charge in [-0.1, -0.05) is 0 Å². The molecule has 1 aliphatic heterocycles. The van der Waals surface area contributed by atoms with E-state index in [9.17, 15) is 13.2 Å². The monoisotopic (exact) mass is 367 g/mol. The fourth-order valence-electron chi connectivity index (χ4n) is 2.44. The third kappa shape index (κ3) is 3.80. The standard InChI is InChI=1S/C13H21N3O3S2.ClH/c1-9-8-12(11(3)20-9)21(18,19)16-6-4-15(5-7-16)13(17)10(2)14;/h8,10H,4-7,14H2,1-3H3;1H/t10-;/m1./s1. The SMILES string of the molecule is Cc1cc(S(=O)(=O)N2CCN(C(=O)[C@@H](C)N)CC2)c(C)s1.Cl. The maximum Gasteiger partial charge on any atom is 0.244 e. The number of sulfonamides is 1. The van der Waals surface area contributed by atoms with E-state index in [0.29, 0.717) is 31.1 Å². The quantitative estimate of drug-likeness (QED) is 0.862. The molecule has 2 N–H and O–H groups in total. The Kier molecular flexibility index (Phi) is 6.40. The third-order valence-electron chi connectivity index (χ3n) is 3.55. The van der Waals surface area contributed by atoms with Crippen molar-refractivity contribution in [2.75, 3.05) is 26.2 Å². The van der Waals surface area contributed by atoms with Crippen LogP contribution in [-0.2, 0) is 14.8 Å². The Morgan fingerprint density at radius 2 is 1.82 bits per heavy atom. The van der Waals surface area contributed by atoms with Crippen molar-refractivity contribution in [3.05, 3.63) is 15.8 Å². The van der Waals surface area contributed by atoms with Crippen LogP contribution in [0.1, 0.15) is 16.7 Å². The molecule has 1 atom stereocenters. The number of carbonyl (C=O) groups excluding carboxylic acids is 1. The van der Waals surface area contributed by atoms with E-state index >= 15 is 0 Å². The lowest BCUT2D eigenvalue weighted by Gasteiger charge is -2.34. The number of amides is 1. The van der Waals surface area contributed by atoms with Crippen LogP contribution in [0, 0.1) is 13.8 Å². The molecule has 0 radical (unpaired) electrons. The summed E-state index contributed by atoms with van der Waals surface area (Å²) in [6.07, 6.45) is 0. The van der Waals surface area contributed by atoms with Crippen LogP contribution >= 0.6 is 23.7 Å². The van der Waals surface area contributed by atoms with Crippen LogP contribution in [0.15, 0.2) is 11.0 Å². The molecule has 2 rings (SSSR count). The summed E-state index contributed by atoms with van der Waals surface area (Å²) in [5, 5.41) is 0. The molecule has 1 amide bonds. The van der Waals surface area contributed by atoms with Crippen molar-refractivity contribution < 1.29 is 13.2 Å². The first-order valence-electron chi connectivity index (χ1n) is 6.85. The highest BCUT2D eigenvalue weighted by molar-refractivity contribution is 7.89. The topological polar surface area (TPSA) is 83.7 Å². The van der Waals surface area contributed by atoms with Gasteiger partial charge in [-0.2, -0.15) is 4.31 Å². The van der Waals surface area contributed by atoms with Crippen molar-refractivity contribution in [1.82, 2.24) is 9.21 Å². The Morgan fingerprint density at radius 1 is 1.27 bits per heavy atom. The van der Waals surface area contributed by atoms with Crippen LogP contribution in [0.5, 0.6) is 0 Å². The summed E-state index contributed by atoms with van der Waals surface area (Å²) >= 11 is 1.48. The van der Waals surface area contributed by atoms with Gasteiger partial charge in [0.1, 0.15) is 0 Å². The van der Waals surface area contributed by atoms with Crippen LogP contribution < -0.4 is 5.73 Å². The molecular weight excluding hydrogens is 346 g/mol. The van der Waals surface area contributed by atoms with Crippen LogP contribution in [0.25, 0.3) is 0 Å². The molecule has 1 saturated heterocycles. The minimum Gasteiger partial charge on any atom is -0.339 e. The van der Waals surface area contributed by atoms with Gasteiger partial charge in [-0.05, 0) is 26.8 Å². The zero-order chi connectivity index (χ0) is 15.8. The fraction of sp³-hybridized carbons (Fsp3) is 0.615. The van der Waals surface area contributed by atoms with Crippen molar-refractivity contribution >= 4 is 39.7 Å². The van der Waals surface area contributed by atoms with Gasteiger partial charge in [0.15, 0.2) is 0 Å². The van der Waals surface area contributed by atoms with Gasteiger partial charge < -0.3 is 10.6 Å². The largest absolute Gasteiger partial charge is 0.339 e. The Labute approximate surface area is 141 Å². The highest BCUT2D eigenvalue weighted by atomic mass is 35.5. The number of rotatable bonds is 3. The van der Waals surface area contributed by atoms with Crippen LogP contribution in [0.4, 0.5) is 0 Å². The van der Waals surface area contributed by atoms with Crippen LogP contribution in [0.2, 0.25) is 0 Å². The molecule has 6 nitrogen and oxygen atoms in total. The van der Waals surface area contributed by atoms with Crippen molar-refractivity contribution in [1.29, 1.82) is 0 Å². The number of nitrogens with two attached hydrogens (primary N) is 1. The number of aryl methyl sites for hydroxylation is 2. The van der Waals surface area contributed by atoms with E-state index < -0.39 is 16.1 Å². The molecule has 0 unspecified atom stereocenters. The lowest BCUT2D eigenvalue weighted by atomic mass is 10.2. The second-order valence-corrected chi connectivity index (χ2v) is 8.66. The average Bonchev–Trinajstić information content (AvgIpc) is 2.77. The Hall–Kier alpha value is -0.670. The second-order valence-electron chi connectivity index (χ2n) is 5.30. The number of hydrogen-bond donors (Lipinski definition) is 1. The Balaban J connectivity index is 0.00000242. The summed E-state index contributed by atoms with van der Waals surface area (Å²) < 4.78 is 26.7. The molecule has 1 fully saturated rings. The first-order chi connectivity index (χ1) is 9.73. The highest BCUT2D eigenvalue weighted by Crippen LogP contribution is 2.28. The van der Waals surface area contributed by atoms with Gasteiger partial charge in [0.2, 0.25) is 15.9 Å². The molecule has 9 heteroatoms. The van der Waals surface area contributed by atoms with Crippen LogP contribution in [-0.4, -0.2) is 55.8 Å². The highest BCUT2D eigenvalue weighted by Gasteiger charge is 2.32. The Morgan fingerprint density at radius 3 is 2.23 bits per heavy atom. The smallest absolute Gasteiger partial charge is 0.244 e. The molecule has 1 aromatic heterocycles. The normalized spacial score (nSPS) is 17.9. The summed E-state index contributed by atoms with van der Waals surface area (Å²) in [6, 6.07) is 1.17. The van der Waals surface area contributed by atoms with E-state index in [-0.39, 0.29) is 18.3 Å². The molecule has 0 aliphatic carbocycles. The molecule has 0 spiro atoms. The second kappa shape index (κ2) is 7.27. The molecule has 0 bridgehead atoms. The van der Waals surface area contributed by atoms with E-state index in [1.807, 2.05) is 13.8 Å². The maximum absolute atomic E-state index is 12.6. The molecule has 1 aromatic rings. The van der Waals surface area contributed by atoms with E-state index in [4.69, 9.17) is 5.73 Å². The molecule has 126 valence electrons. The summed E-state index contributed by atoms with van der Waals surface area (Å²) in [7, 11) is -3.47. The van der Waals surface area contributed by atoms with Gasteiger partial charge in [-0.3, -0.25) is 4.79 Å². The molecule has 0 saturated carbocycles. The average molecular weight is 368 g/mol. The predicted molar refractivity (Wildman–Crippen MR) is 90.0 cm³/mol.